The van der Waals surface area contributed by atoms with Gasteiger partial charge in [0.15, 0.2) is 0 Å². The fourth-order valence-electron chi connectivity index (χ4n) is 0.531. The molecule has 0 N–H and O–H groups in total. The Morgan fingerprint density at radius 3 is 2.23 bits per heavy atom. The van der Waals surface area contributed by atoms with Gasteiger partial charge in [-0.3, -0.25) is 0 Å². The lowest BCUT2D eigenvalue weighted by Crippen LogP contribution is -2.07. The van der Waals surface area contributed by atoms with Gasteiger partial charge in [0.2, 0.25) is 0 Å². The van der Waals surface area contributed by atoms with Crippen LogP contribution in [0.2, 0.25) is 0 Å². The summed E-state index contributed by atoms with van der Waals surface area (Å²) in [6.07, 6.45) is 5.35. The van der Waals surface area contributed by atoms with Crippen molar-refractivity contribution in [3.05, 3.63) is 23.8 Å². The van der Waals surface area contributed by atoms with Crippen LogP contribution in [0.25, 0.3) is 0 Å². The van der Waals surface area contributed by atoms with Gasteiger partial charge in [-0.25, -0.2) is 0 Å². The van der Waals surface area contributed by atoms with E-state index in [4.69, 9.17) is 10.5 Å². The molecule has 13 heavy (non-hydrogen) atoms. The van der Waals surface area contributed by atoms with Crippen LogP contribution >= 0.6 is 0 Å². The van der Waals surface area contributed by atoms with Gasteiger partial charge in [-0.05, 0) is 19.9 Å². The summed E-state index contributed by atoms with van der Waals surface area (Å²) in [4.78, 5) is 10.4. The van der Waals surface area contributed by atoms with E-state index in [1.54, 1.807) is 32.1 Å². The predicted molar refractivity (Wildman–Crippen MR) is 48.3 cm³/mol. The molecule has 0 saturated heterocycles. The Morgan fingerprint density at radius 2 is 1.85 bits per heavy atom. The van der Waals surface area contributed by atoms with Crippen LogP contribution in [-0.4, -0.2) is 6.29 Å². The van der Waals surface area contributed by atoms with E-state index in [2.05, 4.69) is 0 Å². The molecule has 0 saturated carbocycles. The maximum Gasteiger partial charge on any atom is 0.129 e. The monoisotopic (exact) mass is 174 g/mol. The fraction of sp³-hybridized carbons (Fsp3) is 0.300. The van der Waals surface area contributed by atoms with Gasteiger partial charge in [0.25, 0.3) is 0 Å². The Kier molecular flexibility index (Phi) is 4.19. The first-order chi connectivity index (χ1) is 6.05. The van der Waals surface area contributed by atoms with Crippen LogP contribution < -0.4 is 0 Å². The molecule has 0 unspecified atom stereocenters. The number of carbonyl (C=O) groups excluding carboxylic acids is 1. The van der Waals surface area contributed by atoms with Crippen molar-refractivity contribution in [2.45, 2.75) is 13.8 Å². The molecular formula is C10H10N2O. The van der Waals surface area contributed by atoms with E-state index in [0.717, 1.165) is 6.29 Å². The summed E-state index contributed by atoms with van der Waals surface area (Å²) >= 11 is 0. The van der Waals surface area contributed by atoms with Gasteiger partial charge in [-0.1, -0.05) is 12.2 Å². The molecule has 0 radical (unpaired) electrons. The Balaban J connectivity index is 4.51. The van der Waals surface area contributed by atoms with Crippen LogP contribution in [0, 0.1) is 28.1 Å². The average molecular weight is 174 g/mol. The molecule has 0 fully saturated rings. The summed E-state index contributed by atoms with van der Waals surface area (Å²) in [5, 5.41) is 16.7. The first-order valence-corrected chi connectivity index (χ1v) is 3.72. The number of aldehydes is 1. The van der Waals surface area contributed by atoms with Gasteiger partial charge in [0.05, 0.1) is 0 Å². The topological polar surface area (TPSA) is 64.7 Å². The first-order valence-electron chi connectivity index (χ1n) is 3.72. The minimum absolute atomic E-state index is 0.0259. The highest BCUT2D eigenvalue weighted by Gasteiger charge is 2.09. The minimum Gasteiger partial charge on any atom is -0.302 e. The van der Waals surface area contributed by atoms with Crippen LogP contribution in [-0.2, 0) is 4.79 Å². The molecule has 0 aromatic rings. The van der Waals surface area contributed by atoms with Crippen molar-refractivity contribution in [1.29, 1.82) is 10.5 Å². The summed E-state index contributed by atoms with van der Waals surface area (Å²) in [5.41, 5.74) is -0.523. The van der Waals surface area contributed by atoms with Crippen molar-refractivity contribution < 1.29 is 4.79 Å². The van der Waals surface area contributed by atoms with E-state index in [1.165, 1.54) is 12.2 Å². The van der Waals surface area contributed by atoms with Crippen LogP contribution in [0.1, 0.15) is 13.8 Å². The van der Waals surface area contributed by atoms with Crippen molar-refractivity contribution in [1.82, 2.24) is 0 Å². The quantitative estimate of drug-likeness (QED) is 0.372. The van der Waals surface area contributed by atoms with Gasteiger partial charge in [0.1, 0.15) is 24.0 Å². The molecule has 0 aliphatic carbocycles. The summed E-state index contributed by atoms with van der Waals surface area (Å²) in [6.45, 7) is 3.48. The third kappa shape index (κ3) is 4.55. The number of rotatable bonds is 3. The third-order valence-electron chi connectivity index (χ3n) is 1.33. The first kappa shape index (κ1) is 11.1. The average Bonchev–Trinajstić information content (AvgIpc) is 2.12. The van der Waals surface area contributed by atoms with Gasteiger partial charge in [0, 0.05) is 5.41 Å². The number of nitrogens with zero attached hydrogens (tertiary/aromatic N) is 2. The summed E-state index contributed by atoms with van der Waals surface area (Å²) in [6, 6.07) is 3.43. The number of nitriles is 2. The van der Waals surface area contributed by atoms with Crippen molar-refractivity contribution in [3.8, 4) is 12.1 Å². The largest absolute Gasteiger partial charge is 0.302 e. The van der Waals surface area contributed by atoms with Crippen molar-refractivity contribution >= 4 is 6.29 Å². The number of hydrogen-bond donors (Lipinski definition) is 0. The molecule has 0 amide bonds. The minimum atomic E-state index is -0.549. The van der Waals surface area contributed by atoms with Crippen LogP contribution in [0.4, 0.5) is 0 Å². The zero-order valence-corrected chi connectivity index (χ0v) is 7.61. The second kappa shape index (κ2) is 4.90. The van der Waals surface area contributed by atoms with Crippen LogP contribution in [0.5, 0.6) is 0 Å². The maximum atomic E-state index is 10.4. The van der Waals surface area contributed by atoms with E-state index in [-0.39, 0.29) is 5.57 Å². The normalized spacial score (nSPS) is 10.2. The van der Waals surface area contributed by atoms with Crippen LogP contribution in [0.3, 0.4) is 0 Å². The predicted octanol–water partition coefficient (Wildman–Crippen LogP) is 1.74. The third-order valence-corrected chi connectivity index (χ3v) is 1.33. The van der Waals surface area contributed by atoms with E-state index in [1.807, 2.05) is 0 Å². The standard InChI is InChI=1S/C10H10N2O/c1-10(2,8-13)5-3-4-9(6-11)7-12/h3-5,8H,1-2H3/b5-3+. The van der Waals surface area contributed by atoms with E-state index < -0.39 is 5.41 Å². The van der Waals surface area contributed by atoms with Gasteiger partial charge in [-0.15, -0.1) is 0 Å². The number of hydrogen-bond acceptors (Lipinski definition) is 3. The zero-order valence-electron chi connectivity index (χ0n) is 7.61. The van der Waals surface area contributed by atoms with Crippen molar-refractivity contribution in [3.63, 3.8) is 0 Å². The summed E-state index contributed by atoms with van der Waals surface area (Å²) in [5.74, 6) is 0. The molecule has 0 aliphatic heterocycles. The highest BCUT2D eigenvalue weighted by molar-refractivity contribution is 5.61. The molecule has 3 heteroatoms. The lowest BCUT2D eigenvalue weighted by Gasteiger charge is -2.07. The highest BCUT2D eigenvalue weighted by atomic mass is 16.1. The Morgan fingerprint density at radius 1 is 1.31 bits per heavy atom. The lowest BCUT2D eigenvalue weighted by molar-refractivity contribution is -0.112. The smallest absolute Gasteiger partial charge is 0.129 e. The Bertz CT molecular complexity index is 308. The molecule has 0 aliphatic rings. The van der Waals surface area contributed by atoms with Crippen molar-refractivity contribution in [2.24, 2.45) is 5.41 Å². The molecule has 0 aromatic heterocycles. The Hall–Kier alpha value is -1.87. The van der Waals surface area contributed by atoms with Gasteiger partial charge >= 0.3 is 0 Å². The van der Waals surface area contributed by atoms with E-state index in [0.29, 0.717) is 0 Å². The van der Waals surface area contributed by atoms with Gasteiger partial charge in [-0.2, -0.15) is 10.5 Å². The molecule has 3 nitrogen and oxygen atoms in total. The number of carbonyl (C=O) groups is 1. The second-order valence-electron chi connectivity index (χ2n) is 3.10. The van der Waals surface area contributed by atoms with Crippen LogP contribution in [0.15, 0.2) is 23.8 Å². The molecular weight excluding hydrogens is 164 g/mol. The fourth-order valence-corrected chi connectivity index (χ4v) is 0.531. The molecule has 0 heterocycles. The SMILES string of the molecule is CC(C)(C=O)/C=C/C=C(C#N)C#N. The summed E-state index contributed by atoms with van der Waals surface area (Å²) in [7, 11) is 0. The highest BCUT2D eigenvalue weighted by Crippen LogP contribution is 2.12. The second-order valence-corrected chi connectivity index (χ2v) is 3.10. The van der Waals surface area contributed by atoms with E-state index in [9.17, 15) is 4.79 Å². The molecule has 0 spiro atoms. The molecule has 0 atom stereocenters. The Labute approximate surface area is 77.6 Å². The molecule has 0 aromatic carbocycles. The van der Waals surface area contributed by atoms with Gasteiger partial charge < -0.3 is 4.79 Å². The molecule has 0 bridgehead atoms. The maximum absolute atomic E-state index is 10.4. The van der Waals surface area contributed by atoms with E-state index >= 15 is 0 Å². The summed E-state index contributed by atoms with van der Waals surface area (Å²) < 4.78 is 0. The molecule has 0 rings (SSSR count). The number of allylic oxidation sites excluding steroid dienone is 4. The molecule has 66 valence electrons. The zero-order chi connectivity index (χ0) is 10.3. The van der Waals surface area contributed by atoms with Crippen molar-refractivity contribution in [2.75, 3.05) is 0 Å². The lowest BCUT2D eigenvalue weighted by atomic mass is 9.95.